The van der Waals surface area contributed by atoms with E-state index < -0.39 is 0 Å². The van der Waals surface area contributed by atoms with Gasteiger partial charge in [0.1, 0.15) is 5.69 Å². The Morgan fingerprint density at radius 3 is 3.08 bits per heavy atom. The van der Waals surface area contributed by atoms with Crippen molar-refractivity contribution in [3.8, 4) is 0 Å². The molecule has 0 spiro atoms. The first-order chi connectivity index (χ1) is 6.20. The van der Waals surface area contributed by atoms with Crippen molar-refractivity contribution in [3.05, 3.63) is 18.0 Å². The molecule has 0 bridgehead atoms. The van der Waals surface area contributed by atoms with Gasteiger partial charge in [0.15, 0.2) is 0 Å². The monoisotopic (exact) mass is 198 g/mol. The zero-order valence-electron chi connectivity index (χ0n) is 6.91. The molecule has 0 aliphatic heterocycles. The van der Waals surface area contributed by atoms with Gasteiger partial charge in [-0.2, -0.15) is 5.10 Å². The number of nitrogens with two attached hydrogens (primary N) is 1. The van der Waals surface area contributed by atoms with Gasteiger partial charge in [-0.25, -0.2) is 0 Å². The molecule has 0 fully saturated rings. The first kappa shape index (κ1) is 9.66. The molecule has 0 aliphatic rings. The Labute approximate surface area is 80.7 Å². The van der Waals surface area contributed by atoms with Crippen LogP contribution in [0.25, 0.3) is 0 Å². The van der Waals surface area contributed by atoms with Crippen molar-refractivity contribution in [2.45, 2.75) is 6.42 Å². The average Bonchev–Trinajstić information content (AvgIpc) is 2.55. The van der Waals surface area contributed by atoms with E-state index in [-0.39, 0.29) is 5.91 Å². The van der Waals surface area contributed by atoms with Gasteiger partial charge >= 0.3 is 0 Å². The Kier molecular flexibility index (Phi) is 3.39. The molecule has 0 aromatic carbocycles. The molecular formula is C7H10N4OS. The number of hydrogen-bond acceptors (Lipinski definition) is 3. The van der Waals surface area contributed by atoms with E-state index >= 15 is 0 Å². The standard InChI is InChI=1S/C7H10N4OS/c8-6(13)2-3-9-7(12)5-1-4-10-11-5/h1,4H,2-3H2,(H2,8,13)(H,9,12)(H,10,11). The fourth-order valence-electron chi connectivity index (χ4n) is 0.777. The van der Waals surface area contributed by atoms with Crippen molar-refractivity contribution in [1.82, 2.24) is 15.5 Å². The van der Waals surface area contributed by atoms with Gasteiger partial charge in [0.2, 0.25) is 0 Å². The van der Waals surface area contributed by atoms with E-state index in [1.165, 1.54) is 6.20 Å². The normalized spacial score (nSPS) is 9.54. The summed E-state index contributed by atoms with van der Waals surface area (Å²) >= 11 is 4.65. The molecule has 6 heteroatoms. The molecule has 0 atom stereocenters. The highest BCUT2D eigenvalue weighted by Gasteiger charge is 2.04. The molecular weight excluding hydrogens is 188 g/mol. The van der Waals surface area contributed by atoms with Crippen LogP contribution in [0.2, 0.25) is 0 Å². The van der Waals surface area contributed by atoms with Gasteiger partial charge in [0.05, 0.1) is 4.99 Å². The fraction of sp³-hybridized carbons (Fsp3) is 0.286. The molecule has 0 unspecified atom stereocenters. The molecule has 1 amide bonds. The lowest BCUT2D eigenvalue weighted by Crippen LogP contribution is -2.27. The van der Waals surface area contributed by atoms with E-state index in [2.05, 4.69) is 27.7 Å². The van der Waals surface area contributed by atoms with Crippen molar-refractivity contribution >= 4 is 23.1 Å². The summed E-state index contributed by atoms with van der Waals surface area (Å²) in [6, 6.07) is 1.59. The number of nitrogens with zero attached hydrogens (tertiary/aromatic N) is 1. The number of aromatic amines is 1. The van der Waals surface area contributed by atoms with Crippen molar-refractivity contribution in [3.63, 3.8) is 0 Å². The maximum atomic E-state index is 11.2. The minimum Gasteiger partial charge on any atom is -0.393 e. The van der Waals surface area contributed by atoms with Crippen molar-refractivity contribution in [2.24, 2.45) is 5.73 Å². The SMILES string of the molecule is NC(=S)CCNC(=O)c1ccn[nH]1. The molecule has 70 valence electrons. The zero-order chi connectivity index (χ0) is 9.68. The number of amides is 1. The third-order valence-corrected chi connectivity index (χ3v) is 1.61. The number of H-pyrrole nitrogens is 1. The van der Waals surface area contributed by atoms with E-state index in [4.69, 9.17) is 5.73 Å². The van der Waals surface area contributed by atoms with Gasteiger partial charge in [0.25, 0.3) is 5.91 Å². The predicted molar refractivity (Wildman–Crippen MR) is 52.3 cm³/mol. The Balaban J connectivity index is 2.31. The summed E-state index contributed by atoms with van der Waals surface area (Å²) in [6.45, 7) is 0.452. The van der Waals surface area contributed by atoms with Gasteiger partial charge < -0.3 is 11.1 Å². The van der Waals surface area contributed by atoms with E-state index in [0.717, 1.165) is 0 Å². The second-order valence-electron chi connectivity index (χ2n) is 2.44. The number of carbonyl (C=O) groups is 1. The number of nitrogens with one attached hydrogen (secondary N) is 2. The molecule has 13 heavy (non-hydrogen) atoms. The van der Waals surface area contributed by atoms with Crippen LogP contribution in [0, 0.1) is 0 Å². The molecule has 0 saturated carbocycles. The smallest absolute Gasteiger partial charge is 0.269 e. The molecule has 0 aliphatic carbocycles. The molecule has 1 aromatic rings. The molecule has 4 N–H and O–H groups in total. The summed E-state index contributed by atoms with van der Waals surface area (Å²) in [5, 5.41) is 8.84. The Morgan fingerprint density at radius 2 is 2.54 bits per heavy atom. The molecule has 1 heterocycles. The number of carbonyl (C=O) groups excluding carboxylic acids is 1. The third kappa shape index (κ3) is 3.20. The van der Waals surface area contributed by atoms with Crippen LogP contribution in [0.5, 0.6) is 0 Å². The first-order valence-electron chi connectivity index (χ1n) is 3.76. The Hall–Kier alpha value is -1.43. The third-order valence-electron chi connectivity index (χ3n) is 1.40. The number of hydrogen-bond donors (Lipinski definition) is 3. The maximum absolute atomic E-state index is 11.2. The second kappa shape index (κ2) is 4.56. The van der Waals surface area contributed by atoms with Gasteiger partial charge in [0, 0.05) is 19.2 Å². The zero-order valence-corrected chi connectivity index (χ0v) is 7.73. The van der Waals surface area contributed by atoms with Gasteiger partial charge in [-0.1, -0.05) is 12.2 Å². The van der Waals surface area contributed by atoms with Gasteiger partial charge in [-0.15, -0.1) is 0 Å². The number of rotatable bonds is 4. The molecule has 0 radical (unpaired) electrons. The molecule has 1 rings (SSSR count). The highest BCUT2D eigenvalue weighted by Crippen LogP contribution is 1.90. The van der Waals surface area contributed by atoms with Crippen molar-refractivity contribution in [2.75, 3.05) is 6.54 Å². The lowest BCUT2D eigenvalue weighted by atomic mass is 10.4. The molecule has 5 nitrogen and oxygen atoms in total. The summed E-state index contributed by atoms with van der Waals surface area (Å²) in [4.78, 5) is 11.6. The van der Waals surface area contributed by atoms with E-state index in [9.17, 15) is 4.79 Å². The topological polar surface area (TPSA) is 83.8 Å². The minimum atomic E-state index is -0.200. The van der Waals surface area contributed by atoms with Crippen LogP contribution in [-0.2, 0) is 0 Å². The van der Waals surface area contributed by atoms with Gasteiger partial charge in [-0.05, 0) is 6.07 Å². The lowest BCUT2D eigenvalue weighted by molar-refractivity contribution is 0.0950. The minimum absolute atomic E-state index is 0.200. The Morgan fingerprint density at radius 1 is 1.77 bits per heavy atom. The summed E-state index contributed by atoms with van der Waals surface area (Å²) < 4.78 is 0. The quantitative estimate of drug-likeness (QED) is 0.586. The highest BCUT2D eigenvalue weighted by atomic mass is 32.1. The second-order valence-corrected chi connectivity index (χ2v) is 2.97. The largest absolute Gasteiger partial charge is 0.393 e. The number of aromatic nitrogens is 2. The van der Waals surface area contributed by atoms with Crippen LogP contribution in [0.15, 0.2) is 12.3 Å². The van der Waals surface area contributed by atoms with Crippen LogP contribution in [0.1, 0.15) is 16.9 Å². The van der Waals surface area contributed by atoms with Crippen LogP contribution in [-0.4, -0.2) is 27.6 Å². The number of thiocarbonyl (C=S) groups is 1. The van der Waals surface area contributed by atoms with E-state index in [1.54, 1.807) is 6.07 Å². The van der Waals surface area contributed by atoms with Crippen molar-refractivity contribution in [1.29, 1.82) is 0 Å². The van der Waals surface area contributed by atoms with E-state index in [1.807, 2.05) is 0 Å². The first-order valence-corrected chi connectivity index (χ1v) is 4.17. The van der Waals surface area contributed by atoms with Crippen LogP contribution >= 0.6 is 12.2 Å². The summed E-state index contributed by atoms with van der Waals surface area (Å²) in [7, 11) is 0. The molecule has 1 aromatic heterocycles. The lowest BCUT2D eigenvalue weighted by Gasteiger charge is -2.01. The summed E-state index contributed by atoms with van der Waals surface area (Å²) in [5.41, 5.74) is 5.69. The van der Waals surface area contributed by atoms with Gasteiger partial charge in [-0.3, -0.25) is 9.89 Å². The summed E-state index contributed by atoms with van der Waals surface area (Å²) in [5.74, 6) is -0.200. The van der Waals surface area contributed by atoms with Crippen LogP contribution < -0.4 is 11.1 Å². The molecule has 0 saturated heterocycles. The predicted octanol–water partition coefficient (Wildman–Crippen LogP) is -0.184. The van der Waals surface area contributed by atoms with Crippen LogP contribution in [0.4, 0.5) is 0 Å². The average molecular weight is 198 g/mol. The van der Waals surface area contributed by atoms with E-state index in [0.29, 0.717) is 23.6 Å². The fourth-order valence-corrected chi connectivity index (χ4v) is 0.879. The van der Waals surface area contributed by atoms with Crippen molar-refractivity contribution < 1.29 is 4.79 Å². The highest BCUT2D eigenvalue weighted by molar-refractivity contribution is 7.80. The Bertz CT molecular complexity index is 295. The maximum Gasteiger partial charge on any atom is 0.269 e. The summed E-state index contributed by atoms with van der Waals surface area (Å²) in [6.07, 6.45) is 2.03. The van der Waals surface area contributed by atoms with Crippen LogP contribution in [0.3, 0.4) is 0 Å².